The highest BCUT2D eigenvalue weighted by atomic mass is 35.5. The molecule has 1 aromatic carbocycles. The van der Waals surface area contributed by atoms with Gasteiger partial charge in [-0.3, -0.25) is 0 Å². The summed E-state index contributed by atoms with van der Waals surface area (Å²) in [6.07, 6.45) is 0. The number of furan rings is 1. The van der Waals surface area contributed by atoms with Crippen LogP contribution in [0.1, 0.15) is 29.4 Å². The summed E-state index contributed by atoms with van der Waals surface area (Å²) in [4.78, 5) is 1.17. The van der Waals surface area contributed by atoms with Crippen molar-refractivity contribution < 1.29 is 4.42 Å². The van der Waals surface area contributed by atoms with Gasteiger partial charge in [-0.15, -0.1) is 11.3 Å². The Bertz CT molecular complexity index is 731. The van der Waals surface area contributed by atoms with Gasteiger partial charge in [0.1, 0.15) is 11.5 Å². The topological polar surface area (TPSA) is 25.2 Å². The number of rotatable bonds is 4. The van der Waals surface area contributed by atoms with E-state index in [0.29, 0.717) is 0 Å². The maximum atomic E-state index is 6.44. The van der Waals surface area contributed by atoms with Crippen LogP contribution in [0.5, 0.6) is 0 Å². The lowest BCUT2D eigenvalue weighted by atomic mass is 10.2. The maximum Gasteiger partial charge on any atom is 0.120 e. The van der Waals surface area contributed by atoms with Gasteiger partial charge in [-0.05, 0) is 32.0 Å². The first-order valence-electron chi connectivity index (χ1n) is 6.61. The van der Waals surface area contributed by atoms with Crippen molar-refractivity contribution >= 4 is 33.0 Å². The normalized spacial score (nSPS) is 12.9. The first-order chi connectivity index (χ1) is 9.65. The summed E-state index contributed by atoms with van der Waals surface area (Å²) < 4.78 is 6.86. The van der Waals surface area contributed by atoms with Crippen molar-refractivity contribution in [1.29, 1.82) is 0 Å². The lowest BCUT2D eigenvalue weighted by Crippen LogP contribution is -2.17. The molecule has 2 heterocycles. The molecule has 20 heavy (non-hydrogen) atoms. The summed E-state index contributed by atoms with van der Waals surface area (Å²) in [6, 6.07) is 12.4. The van der Waals surface area contributed by atoms with E-state index in [1.807, 2.05) is 31.2 Å². The number of fused-ring (bicyclic) bond motifs is 1. The van der Waals surface area contributed by atoms with Crippen molar-refractivity contribution in [1.82, 2.24) is 5.32 Å². The monoisotopic (exact) mass is 305 g/mol. The van der Waals surface area contributed by atoms with Gasteiger partial charge in [0.15, 0.2) is 0 Å². The molecule has 3 aromatic rings. The van der Waals surface area contributed by atoms with E-state index in [1.165, 1.54) is 9.58 Å². The summed E-state index contributed by atoms with van der Waals surface area (Å²) in [6.45, 7) is 4.80. The SMILES string of the molecule is Cc1ccc(C(C)NCc2sc3ccccc3c2Cl)o1. The van der Waals surface area contributed by atoms with Gasteiger partial charge >= 0.3 is 0 Å². The second-order valence-electron chi connectivity index (χ2n) is 4.89. The van der Waals surface area contributed by atoms with Gasteiger partial charge in [0.25, 0.3) is 0 Å². The second kappa shape index (κ2) is 5.60. The molecule has 0 saturated heterocycles. The summed E-state index contributed by atoms with van der Waals surface area (Å²) in [7, 11) is 0. The highest BCUT2D eigenvalue weighted by molar-refractivity contribution is 7.19. The van der Waals surface area contributed by atoms with Gasteiger partial charge in [0.2, 0.25) is 0 Å². The Labute approximate surface area is 127 Å². The standard InChI is InChI=1S/C16H16ClNOS/c1-10-7-8-13(19-10)11(2)18-9-15-16(17)12-5-3-4-6-14(12)20-15/h3-8,11,18H,9H2,1-2H3. The molecule has 0 aliphatic rings. The third-order valence-corrected chi connectivity index (χ3v) is 5.07. The molecule has 0 aliphatic heterocycles. The van der Waals surface area contributed by atoms with Crippen molar-refractivity contribution in [2.45, 2.75) is 26.4 Å². The Morgan fingerprint density at radius 3 is 2.75 bits per heavy atom. The smallest absolute Gasteiger partial charge is 0.120 e. The Morgan fingerprint density at radius 2 is 2.05 bits per heavy atom. The fourth-order valence-electron chi connectivity index (χ4n) is 2.21. The van der Waals surface area contributed by atoms with E-state index in [4.69, 9.17) is 16.0 Å². The molecular formula is C16H16ClNOS. The van der Waals surface area contributed by atoms with E-state index in [0.717, 1.165) is 28.5 Å². The third kappa shape index (κ3) is 2.62. The van der Waals surface area contributed by atoms with Crippen molar-refractivity contribution in [2.24, 2.45) is 0 Å². The van der Waals surface area contributed by atoms with E-state index < -0.39 is 0 Å². The predicted molar refractivity (Wildman–Crippen MR) is 85.5 cm³/mol. The molecule has 4 heteroatoms. The number of nitrogens with one attached hydrogen (secondary N) is 1. The third-order valence-electron chi connectivity index (χ3n) is 3.36. The van der Waals surface area contributed by atoms with Crippen molar-refractivity contribution in [3.8, 4) is 0 Å². The second-order valence-corrected chi connectivity index (χ2v) is 6.40. The molecule has 2 nitrogen and oxygen atoms in total. The number of hydrogen-bond acceptors (Lipinski definition) is 3. The van der Waals surface area contributed by atoms with Crippen LogP contribution in [0.4, 0.5) is 0 Å². The number of hydrogen-bond donors (Lipinski definition) is 1. The fraction of sp³-hybridized carbons (Fsp3) is 0.250. The van der Waals surface area contributed by atoms with Crippen LogP contribution in [-0.2, 0) is 6.54 Å². The van der Waals surface area contributed by atoms with Crippen LogP contribution in [0.15, 0.2) is 40.8 Å². The first kappa shape index (κ1) is 13.7. The van der Waals surface area contributed by atoms with Crippen molar-refractivity contribution in [2.75, 3.05) is 0 Å². The average Bonchev–Trinajstić information content (AvgIpc) is 3.01. The molecule has 0 amide bonds. The Morgan fingerprint density at radius 1 is 1.25 bits per heavy atom. The average molecular weight is 306 g/mol. The molecule has 0 radical (unpaired) electrons. The lowest BCUT2D eigenvalue weighted by Gasteiger charge is -2.10. The number of benzene rings is 1. The molecular weight excluding hydrogens is 290 g/mol. The van der Waals surface area contributed by atoms with E-state index >= 15 is 0 Å². The van der Waals surface area contributed by atoms with Gasteiger partial charge in [0, 0.05) is 21.5 Å². The molecule has 0 saturated carbocycles. The summed E-state index contributed by atoms with van der Waals surface area (Å²) in [5.41, 5.74) is 0. The largest absolute Gasteiger partial charge is 0.465 e. The van der Waals surface area contributed by atoms with Crippen LogP contribution in [0, 0.1) is 6.92 Å². The Hall–Kier alpha value is -1.29. The highest BCUT2D eigenvalue weighted by Gasteiger charge is 2.13. The molecule has 104 valence electrons. The number of aryl methyl sites for hydroxylation is 1. The van der Waals surface area contributed by atoms with E-state index in [2.05, 4.69) is 24.4 Å². The molecule has 1 unspecified atom stereocenters. The van der Waals surface area contributed by atoms with Crippen molar-refractivity contribution in [3.05, 3.63) is 57.8 Å². The molecule has 1 atom stereocenters. The highest BCUT2D eigenvalue weighted by Crippen LogP contribution is 2.35. The van der Waals surface area contributed by atoms with E-state index in [1.54, 1.807) is 11.3 Å². The molecule has 0 aliphatic carbocycles. The van der Waals surface area contributed by atoms with Gasteiger partial charge in [-0.25, -0.2) is 0 Å². The molecule has 0 spiro atoms. The molecule has 2 aromatic heterocycles. The fourth-order valence-corrected chi connectivity index (χ4v) is 3.66. The van der Waals surface area contributed by atoms with Crippen molar-refractivity contribution in [3.63, 3.8) is 0 Å². The minimum absolute atomic E-state index is 0.171. The van der Waals surface area contributed by atoms with Crippen LogP contribution < -0.4 is 5.32 Å². The quantitative estimate of drug-likeness (QED) is 0.707. The number of thiophene rings is 1. The van der Waals surface area contributed by atoms with Gasteiger partial charge in [0.05, 0.1) is 11.1 Å². The van der Waals surface area contributed by atoms with E-state index in [9.17, 15) is 0 Å². The number of halogens is 1. The zero-order valence-corrected chi connectivity index (χ0v) is 13.0. The predicted octanol–water partition coefficient (Wildman–Crippen LogP) is 5.31. The summed E-state index contributed by atoms with van der Waals surface area (Å²) in [5.74, 6) is 1.90. The molecule has 3 rings (SSSR count). The van der Waals surface area contributed by atoms with Gasteiger partial charge in [-0.1, -0.05) is 29.8 Å². The summed E-state index contributed by atoms with van der Waals surface area (Å²) >= 11 is 8.18. The maximum absolute atomic E-state index is 6.44. The summed E-state index contributed by atoms with van der Waals surface area (Å²) in [5, 5.41) is 5.46. The Kier molecular flexibility index (Phi) is 3.83. The van der Waals surface area contributed by atoms with Crippen LogP contribution in [0.2, 0.25) is 5.02 Å². The van der Waals surface area contributed by atoms with Gasteiger partial charge < -0.3 is 9.73 Å². The van der Waals surface area contributed by atoms with E-state index in [-0.39, 0.29) is 6.04 Å². The molecule has 1 N–H and O–H groups in total. The minimum atomic E-state index is 0.171. The molecule has 0 fully saturated rings. The minimum Gasteiger partial charge on any atom is -0.465 e. The van der Waals surface area contributed by atoms with Gasteiger partial charge in [-0.2, -0.15) is 0 Å². The zero-order chi connectivity index (χ0) is 14.1. The van der Waals surface area contributed by atoms with Crippen LogP contribution in [0.3, 0.4) is 0 Å². The van der Waals surface area contributed by atoms with Crippen LogP contribution in [0.25, 0.3) is 10.1 Å². The lowest BCUT2D eigenvalue weighted by molar-refractivity contribution is 0.416. The Balaban J connectivity index is 1.75. The zero-order valence-electron chi connectivity index (χ0n) is 11.4. The molecule has 0 bridgehead atoms. The van der Waals surface area contributed by atoms with Crippen LogP contribution >= 0.6 is 22.9 Å². The van der Waals surface area contributed by atoms with Crippen LogP contribution in [-0.4, -0.2) is 0 Å². The first-order valence-corrected chi connectivity index (χ1v) is 7.80.